The van der Waals surface area contributed by atoms with Crippen LogP contribution in [0.1, 0.15) is 296 Å². The van der Waals surface area contributed by atoms with Crippen LogP contribution in [-0.4, -0.2) is 46.1 Å². The Labute approximate surface area is 387 Å². The first-order valence-corrected chi connectivity index (χ1v) is 27.8. The molecule has 4 N–H and O–H groups in total. The number of rotatable bonds is 51. The van der Waals surface area contributed by atoms with Crippen molar-refractivity contribution in [1.29, 1.82) is 0 Å². The summed E-state index contributed by atoms with van der Waals surface area (Å²) in [5.74, 6) is -0.513. The predicted molar refractivity (Wildman–Crippen MR) is 273 cm³/mol. The Morgan fingerprint density at radius 1 is 0.387 bits per heavy atom. The van der Waals surface area contributed by atoms with Gasteiger partial charge in [0.05, 0.1) is 18.8 Å². The van der Waals surface area contributed by atoms with Crippen molar-refractivity contribution in [2.75, 3.05) is 6.61 Å². The van der Waals surface area contributed by atoms with Crippen molar-refractivity contribution in [3.05, 3.63) is 36.5 Å². The maximum atomic E-state index is 12.5. The molecule has 366 valence electrons. The molecule has 0 saturated carbocycles. The number of aliphatic hydroxyl groups is 3. The Bertz CT molecular complexity index is 962. The van der Waals surface area contributed by atoms with E-state index in [0.717, 1.165) is 44.9 Å². The highest BCUT2D eigenvalue weighted by atomic mass is 16.3. The van der Waals surface area contributed by atoms with Gasteiger partial charge in [0.15, 0.2) is 0 Å². The van der Waals surface area contributed by atoms with Gasteiger partial charge >= 0.3 is 0 Å². The Balaban J connectivity index is 3.49. The lowest BCUT2D eigenvalue weighted by molar-refractivity contribution is -0.131. The first-order chi connectivity index (χ1) is 30.6. The van der Waals surface area contributed by atoms with E-state index in [4.69, 9.17) is 0 Å². The van der Waals surface area contributed by atoms with Gasteiger partial charge in [0.25, 0.3) is 0 Å². The average molecular weight is 873 g/mol. The SMILES string of the molecule is CCCCCC/C=C/CC/C=C/CC/C=C/C(O)C(CO)NC(=O)C(O)CCCCCCCCCCCCCCCCCCCCCCCCCCCCCCCCCCCC. The molecule has 0 bridgehead atoms. The van der Waals surface area contributed by atoms with E-state index in [2.05, 4.69) is 43.5 Å². The number of hydrogen-bond acceptors (Lipinski definition) is 4. The highest BCUT2D eigenvalue weighted by Gasteiger charge is 2.22. The van der Waals surface area contributed by atoms with Crippen LogP contribution in [-0.2, 0) is 4.79 Å². The van der Waals surface area contributed by atoms with Crippen LogP contribution in [0, 0.1) is 0 Å². The fourth-order valence-corrected chi connectivity index (χ4v) is 8.63. The predicted octanol–water partition coefficient (Wildman–Crippen LogP) is 17.1. The summed E-state index contributed by atoms with van der Waals surface area (Å²) in [5.41, 5.74) is 0. The molecule has 0 aliphatic heterocycles. The number of allylic oxidation sites excluding steroid dienone is 5. The molecule has 0 aromatic heterocycles. The first kappa shape index (κ1) is 60.6. The smallest absolute Gasteiger partial charge is 0.249 e. The molecule has 0 rings (SSSR count). The fourth-order valence-electron chi connectivity index (χ4n) is 8.63. The fraction of sp³-hybridized carbons (Fsp3) is 0.877. The molecule has 5 heteroatoms. The van der Waals surface area contributed by atoms with Crippen molar-refractivity contribution in [3.8, 4) is 0 Å². The maximum Gasteiger partial charge on any atom is 0.249 e. The highest BCUT2D eigenvalue weighted by Crippen LogP contribution is 2.18. The Kier molecular flexibility index (Phi) is 51.0. The molecular weight excluding hydrogens is 763 g/mol. The van der Waals surface area contributed by atoms with Crippen molar-refractivity contribution < 1.29 is 20.1 Å². The lowest BCUT2D eigenvalue weighted by Crippen LogP contribution is -2.48. The zero-order valence-corrected chi connectivity index (χ0v) is 41.8. The van der Waals surface area contributed by atoms with Crippen LogP contribution in [0.3, 0.4) is 0 Å². The number of aliphatic hydroxyl groups excluding tert-OH is 3. The molecule has 3 unspecified atom stereocenters. The van der Waals surface area contributed by atoms with Gasteiger partial charge in [0.1, 0.15) is 6.10 Å². The molecule has 5 nitrogen and oxygen atoms in total. The molecule has 62 heavy (non-hydrogen) atoms. The van der Waals surface area contributed by atoms with Crippen LogP contribution >= 0.6 is 0 Å². The number of nitrogens with one attached hydrogen (secondary N) is 1. The third-order valence-corrected chi connectivity index (χ3v) is 13.0. The molecule has 3 atom stereocenters. The van der Waals surface area contributed by atoms with Gasteiger partial charge in [0, 0.05) is 0 Å². The van der Waals surface area contributed by atoms with E-state index < -0.39 is 24.2 Å². The van der Waals surface area contributed by atoms with E-state index in [9.17, 15) is 20.1 Å². The number of amides is 1. The molecule has 0 aliphatic rings. The minimum Gasteiger partial charge on any atom is -0.394 e. The summed E-state index contributed by atoms with van der Waals surface area (Å²) in [6.07, 6.45) is 68.1. The quantitative estimate of drug-likeness (QED) is 0.0362. The van der Waals surface area contributed by atoms with Gasteiger partial charge in [-0.25, -0.2) is 0 Å². The average Bonchev–Trinajstić information content (AvgIpc) is 3.28. The van der Waals surface area contributed by atoms with Crippen molar-refractivity contribution >= 4 is 5.91 Å². The maximum absolute atomic E-state index is 12.5. The van der Waals surface area contributed by atoms with Crippen molar-refractivity contribution in [2.45, 2.75) is 315 Å². The van der Waals surface area contributed by atoms with E-state index in [-0.39, 0.29) is 6.61 Å². The molecule has 1 amide bonds. The van der Waals surface area contributed by atoms with Gasteiger partial charge < -0.3 is 20.6 Å². The van der Waals surface area contributed by atoms with Gasteiger partial charge in [-0.1, -0.05) is 288 Å². The second-order valence-electron chi connectivity index (χ2n) is 19.1. The van der Waals surface area contributed by atoms with Crippen LogP contribution in [0.25, 0.3) is 0 Å². The molecule has 0 radical (unpaired) electrons. The molecule has 0 aliphatic carbocycles. The Morgan fingerprint density at radius 2 is 0.661 bits per heavy atom. The Morgan fingerprint density at radius 3 is 0.984 bits per heavy atom. The highest BCUT2D eigenvalue weighted by molar-refractivity contribution is 5.80. The third kappa shape index (κ3) is 46.6. The third-order valence-electron chi connectivity index (χ3n) is 13.0. The van der Waals surface area contributed by atoms with Crippen molar-refractivity contribution in [2.24, 2.45) is 0 Å². The number of carbonyl (C=O) groups excluding carboxylic acids is 1. The molecular formula is C57H109NO4. The first-order valence-electron chi connectivity index (χ1n) is 27.8. The molecule has 0 spiro atoms. The van der Waals surface area contributed by atoms with Crippen LogP contribution in [0.5, 0.6) is 0 Å². The summed E-state index contributed by atoms with van der Waals surface area (Å²) in [5, 5.41) is 33.2. The summed E-state index contributed by atoms with van der Waals surface area (Å²) >= 11 is 0. The van der Waals surface area contributed by atoms with E-state index in [1.54, 1.807) is 6.08 Å². The van der Waals surface area contributed by atoms with E-state index in [0.29, 0.717) is 6.42 Å². The topological polar surface area (TPSA) is 89.8 Å². The van der Waals surface area contributed by atoms with Crippen molar-refractivity contribution in [3.63, 3.8) is 0 Å². The van der Waals surface area contributed by atoms with Crippen molar-refractivity contribution in [1.82, 2.24) is 5.32 Å². The molecule has 0 aromatic rings. The van der Waals surface area contributed by atoms with E-state index >= 15 is 0 Å². The minimum atomic E-state index is -1.11. The zero-order valence-electron chi connectivity index (χ0n) is 41.8. The van der Waals surface area contributed by atoms with Gasteiger partial charge in [-0.15, -0.1) is 0 Å². The number of hydrogen-bond donors (Lipinski definition) is 4. The molecule has 0 aromatic carbocycles. The van der Waals surface area contributed by atoms with Crippen LogP contribution in [0.15, 0.2) is 36.5 Å². The second kappa shape index (κ2) is 52.2. The number of unbranched alkanes of at least 4 members (excludes halogenated alkanes) is 39. The summed E-state index contributed by atoms with van der Waals surface area (Å²) in [7, 11) is 0. The van der Waals surface area contributed by atoms with Gasteiger partial charge in [-0.2, -0.15) is 0 Å². The normalized spacial score (nSPS) is 13.6. The van der Waals surface area contributed by atoms with Crippen LogP contribution in [0.2, 0.25) is 0 Å². The van der Waals surface area contributed by atoms with Gasteiger partial charge in [0.2, 0.25) is 5.91 Å². The molecule has 0 saturated heterocycles. The van der Waals surface area contributed by atoms with E-state index in [1.165, 1.54) is 231 Å². The van der Waals surface area contributed by atoms with E-state index in [1.807, 2.05) is 6.08 Å². The summed E-state index contributed by atoms with van der Waals surface area (Å²) in [4.78, 5) is 12.5. The summed E-state index contributed by atoms with van der Waals surface area (Å²) < 4.78 is 0. The largest absolute Gasteiger partial charge is 0.394 e. The van der Waals surface area contributed by atoms with Gasteiger partial charge in [-0.05, 0) is 44.9 Å². The Hall–Kier alpha value is -1.43. The molecule has 0 heterocycles. The monoisotopic (exact) mass is 872 g/mol. The lowest BCUT2D eigenvalue weighted by atomic mass is 10.0. The molecule has 0 fully saturated rings. The standard InChI is InChI=1S/C57H109NO4/c1-3-5-7-9-11-13-15-17-19-20-21-22-23-24-25-26-27-28-29-30-31-32-33-34-35-36-37-38-40-42-44-46-48-50-52-56(61)57(62)58-54(53-59)55(60)51-49-47-45-43-41-39-18-16-14-12-10-8-6-4-2/h14,16,41,43,49,51,54-56,59-61H,3-13,15,17-40,42,44-48,50,52-53H2,1-2H3,(H,58,62)/b16-14+,43-41+,51-49+. The second-order valence-corrected chi connectivity index (χ2v) is 19.1. The minimum absolute atomic E-state index is 0.379. The zero-order chi connectivity index (χ0) is 45.1. The summed E-state index contributed by atoms with van der Waals surface area (Å²) in [6, 6.07) is -0.819. The number of carbonyl (C=O) groups is 1. The summed E-state index contributed by atoms with van der Waals surface area (Å²) in [6.45, 7) is 4.16. The van der Waals surface area contributed by atoms with Gasteiger partial charge in [-0.3, -0.25) is 4.79 Å². The van der Waals surface area contributed by atoms with Crippen LogP contribution < -0.4 is 5.32 Å². The van der Waals surface area contributed by atoms with Crippen LogP contribution in [0.4, 0.5) is 0 Å². The lowest BCUT2D eigenvalue weighted by Gasteiger charge is -2.21.